The van der Waals surface area contributed by atoms with Crippen LogP contribution in [0.5, 0.6) is 0 Å². The fourth-order valence-corrected chi connectivity index (χ4v) is 5.07. The van der Waals surface area contributed by atoms with Crippen LogP contribution in [0.1, 0.15) is 12.8 Å². The van der Waals surface area contributed by atoms with Gasteiger partial charge in [0.05, 0.1) is 0 Å². The van der Waals surface area contributed by atoms with Crippen molar-refractivity contribution in [3.8, 4) is 5.69 Å². The third kappa shape index (κ3) is 4.36. The molecule has 0 unspecified atom stereocenters. The summed E-state index contributed by atoms with van der Waals surface area (Å²) >= 11 is 0. The predicted octanol–water partition coefficient (Wildman–Crippen LogP) is 2.72. The van der Waals surface area contributed by atoms with Crippen LogP contribution in [-0.2, 0) is 14.8 Å². The highest BCUT2D eigenvalue weighted by molar-refractivity contribution is 7.89. The lowest BCUT2D eigenvalue weighted by molar-refractivity contribution is -0.120. The van der Waals surface area contributed by atoms with Crippen molar-refractivity contribution in [3.05, 3.63) is 66.5 Å². The first-order chi connectivity index (χ1) is 15.3. The van der Waals surface area contributed by atoms with E-state index in [9.17, 15) is 26.4 Å². The van der Waals surface area contributed by atoms with E-state index in [0.717, 1.165) is 22.5 Å². The third-order valence-electron chi connectivity index (χ3n) is 5.22. The van der Waals surface area contributed by atoms with E-state index < -0.39 is 38.3 Å². The molecule has 168 valence electrons. The van der Waals surface area contributed by atoms with Crippen LogP contribution in [0.15, 0.2) is 53.9 Å². The molecule has 1 aromatic heterocycles. The normalized spacial score (nSPS) is 15.6. The average Bonchev–Trinajstić information content (AvgIpc) is 3.30. The summed E-state index contributed by atoms with van der Waals surface area (Å²) in [6, 6.07) is 6.36. The minimum atomic E-state index is -4.23. The molecule has 0 atom stereocenters. The molecule has 1 amide bonds. The van der Waals surface area contributed by atoms with Crippen LogP contribution in [0.2, 0.25) is 0 Å². The van der Waals surface area contributed by atoms with Crippen molar-refractivity contribution >= 4 is 21.6 Å². The van der Waals surface area contributed by atoms with Crippen molar-refractivity contribution in [1.82, 2.24) is 19.1 Å². The summed E-state index contributed by atoms with van der Waals surface area (Å²) in [6.07, 6.45) is 2.97. The van der Waals surface area contributed by atoms with Gasteiger partial charge in [-0.1, -0.05) is 0 Å². The summed E-state index contributed by atoms with van der Waals surface area (Å²) < 4.78 is 69.3. The Hall–Kier alpha value is -3.25. The number of rotatable bonds is 5. The molecular formula is C20H18F3N5O3S. The van der Waals surface area contributed by atoms with Crippen LogP contribution in [0, 0.1) is 23.4 Å². The van der Waals surface area contributed by atoms with Crippen LogP contribution in [0.4, 0.5) is 18.9 Å². The first-order valence-electron chi connectivity index (χ1n) is 9.66. The Bertz CT molecular complexity index is 1240. The second kappa shape index (κ2) is 8.71. The zero-order valence-electron chi connectivity index (χ0n) is 16.6. The van der Waals surface area contributed by atoms with Crippen molar-refractivity contribution in [2.75, 3.05) is 18.4 Å². The van der Waals surface area contributed by atoms with Gasteiger partial charge in [0, 0.05) is 24.7 Å². The van der Waals surface area contributed by atoms with E-state index in [4.69, 9.17) is 0 Å². The molecular weight excluding hydrogens is 447 g/mol. The molecule has 1 saturated heterocycles. The number of aromatic nitrogens is 3. The fourth-order valence-electron chi connectivity index (χ4n) is 3.52. The molecule has 0 spiro atoms. The number of hydrogen-bond donors (Lipinski definition) is 1. The topological polar surface area (TPSA) is 97.2 Å². The number of halogens is 3. The summed E-state index contributed by atoms with van der Waals surface area (Å²) in [7, 11) is -4.23. The summed E-state index contributed by atoms with van der Waals surface area (Å²) in [4.78, 5) is 15.6. The molecule has 12 heteroatoms. The van der Waals surface area contributed by atoms with Crippen LogP contribution >= 0.6 is 0 Å². The minimum Gasteiger partial charge on any atom is -0.326 e. The van der Waals surface area contributed by atoms with Gasteiger partial charge < -0.3 is 5.32 Å². The summed E-state index contributed by atoms with van der Waals surface area (Å²) in [6.45, 7) is -0.0635. The molecule has 0 saturated carbocycles. The maximum atomic E-state index is 14.3. The highest BCUT2D eigenvalue weighted by Gasteiger charge is 2.34. The smallest absolute Gasteiger partial charge is 0.246 e. The van der Waals surface area contributed by atoms with E-state index in [1.807, 2.05) is 0 Å². The number of anilines is 1. The Morgan fingerprint density at radius 2 is 1.78 bits per heavy atom. The van der Waals surface area contributed by atoms with Gasteiger partial charge in [-0.2, -0.15) is 9.40 Å². The lowest BCUT2D eigenvalue weighted by Crippen LogP contribution is -2.41. The molecule has 1 fully saturated rings. The monoisotopic (exact) mass is 465 g/mol. The van der Waals surface area contributed by atoms with Gasteiger partial charge in [0.2, 0.25) is 15.9 Å². The molecule has 8 nitrogen and oxygen atoms in total. The van der Waals surface area contributed by atoms with Crippen LogP contribution < -0.4 is 5.32 Å². The van der Waals surface area contributed by atoms with Gasteiger partial charge in [-0.15, -0.1) is 0 Å². The highest BCUT2D eigenvalue weighted by Crippen LogP contribution is 2.27. The summed E-state index contributed by atoms with van der Waals surface area (Å²) in [5.74, 6) is -3.40. The number of carbonyl (C=O) groups excluding carboxylic acids is 1. The number of piperidine rings is 1. The molecule has 0 bridgehead atoms. The molecule has 2 heterocycles. The molecule has 0 aliphatic carbocycles. The van der Waals surface area contributed by atoms with Gasteiger partial charge in [-0.25, -0.2) is 31.3 Å². The van der Waals surface area contributed by atoms with Crippen molar-refractivity contribution in [2.24, 2.45) is 5.92 Å². The number of carbonyl (C=O) groups is 1. The van der Waals surface area contributed by atoms with Gasteiger partial charge in [0.15, 0.2) is 5.82 Å². The van der Waals surface area contributed by atoms with Crippen molar-refractivity contribution in [2.45, 2.75) is 17.7 Å². The van der Waals surface area contributed by atoms with Crippen LogP contribution in [0.3, 0.4) is 0 Å². The van der Waals surface area contributed by atoms with E-state index in [1.165, 1.54) is 29.5 Å². The van der Waals surface area contributed by atoms with E-state index in [0.29, 0.717) is 6.07 Å². The van der Waals surface area contributed by atoms with Crippen molar-refractivity contribution in [3.63, 3.8) is 0 Å². The molecule has 1 N–H and O–H groups in total. The summed E-state index contributed by atoms with van der Waals surface area (Å²) in [5.41, 5.74) is 0.414. The number of hydrogen-bond acceptors (Lipinski definition) is 5. The second-order valence-electron chi connectivity index (χ2n) is 7.25. The second-order valence-corrected chi connectivity index (χ2v) is 9.15. The van der Waals surface area contributed by atoms with Crippen molar-refractivity contribution in [1.29, 1.82) is 0 Å². The van der Waals surface area contributed by atoms with E-state index >= 15 is 0 Å². The molecule has 32 heavy (non-hydrogen) atoms. The number of amides is 1. The van der Waals surface area contributed by atoms with Crippen molar-refractivity contribution < 1.29 is 26.4 Å². The van der Waals surface area contributed by atoms with Gasteiger partial charge in [-0.3, -0.25) is 4.79 Å². The van der Waals surface area contributed by atoms with Crippen LogP contribution in [-0.4, -0.2) is 46.5 Å². The Kier molecular flexibility index (Phi) is 5.98. The average molecular weight is 465 g/mol. The predicted molar refractivity (Wildman–Crippen MR) is 108 cm³/mol. The fraction of sp³-hybridized carbons (Fsp3) is 0.250. The Morgan fingerprint density at radius 1 is 1.03 bits per heavy atom. The first-order valence-corrected chi connectivity index (χ1v) is 11.1. The number of sulfonamides is 1. The van der Waals surface area contributed by atoms with Gasteiger partial charge in [-0.05, 0) is 49.2 Å². The van der Waals surface area contributed by atoms with E-state index in [1.54, 1.807) is 0 Å². The Morgan fingerprint density at radius 3 is 2.44 bits per heavy atom. The number of benzene rings is 2. The molecule has 3 aromatic rings. The maximum absolute atomic E-state index is 14.3. The third-order valence-corrected chi connectivity index (χ3v) is 7.13. The number of nitrogens with one attached hydrogen (secondary N) is 1. The van der Waals surface area contributed by atoms with Crippen LogP contribution in [0.25, 0.3) is 5.69 Å². The van der Waals surface area contributed by atoms with Gasteiger partial charge >= 0.3 is 0 Å². The zero-order valence-corrected chi connectivity index (χ0v) is 17.4. The standard InChI is InChI=1S/C20H18F3N5O3S/c21-14-1-3-16(22)19(9-14)32(30,31)27-7-5-13(6-8-27)20(29)26-15-2-4-18(17(23)10-15)28-12-24-11-25-28/h1-4,9-13H,5-8H2,(H,26,29). The molecule has 0 radical (unpaired) electrons. The molecule has 2 aromatic carbocycles. The largest absolute Gasteiger partial charge is 0.326 e. The van der Waals surface area contributed by atoms with Gasteiger partial charge in [0.25, 0.3) is 0 Å². The van der Waals surface area contributed by atoms with E-state index in [-0.39, 0.29) is 43.2 Å². The Balaban J connectivity index is 1.40. The maximum Gasteiger partial charge on any atom is 0.246 e. The van der Waals surface area contributed by atoms with Gasteiger partial charge in [0.1, 0.15) is 34.9 Å². The Labute approximate surface area is 181 Å². The minimum absolute atomic E-state index is 0.0318. The highest BCUT2D eigenvalue weighted by atomic mass is 32.2. The quantitative estimate of drug-likeness (QED) is 0.625. The zero-order chi connectivity index (χ0) is 22.9. The molecule has 1 aliphatic heterocycles. The lowest BCUT2D eigenvalue weighted by atomic mass is 9.97. The number of nitrogens with zero attached hydrogens (tertiary/aromatic N) is 4. The first kappa shape index (κ1) is 22.0. The lowest BCUT2D eigenvalue weighted by Gasteiger charge is -2.30. The SMILES string of the molecule is O=C(Nc1ccc(-n2cncn2)c(F)c1)C1CCN(S(=O)(=O)c2cc(F)ccc2F)CC1. The molecule has 1 aliphatic rings. The summed E-state index contributed by atoms with van der Waals surface area (Å²) in [5, 5.41) is 6.48. The molecule has 4 rings (SSSR count). The van der Waals surface area contributed by atoms with E-state index in [2.05, 4.69) is 15.4 Å².